The van der Waals surface area contributed by atoms with Gasteiger partial charge >= 0.3 is 0 Å². The first-order chi connectivity index (χ1) is 9.16. The second-order valence-electron chi connectivity index (χ2n) is 7.35. The van der Waals surface area contributed by atoms with E-state index in [1.807, 2.05) is 24.3 Å². The number of benzene rings is 1. The molecule has 3 heteroatoms. The van der Waals surface area contributed by atoms with Crippen molar-refractivity contribution in [2.24, 2.45) is 5.41 Å². The molecule has 0 atom stereocenters. The van der Waals surface area contributed by atoms with Crippen molar-refractivity contribution < 1.29 is 9.47 Å². The van der Waals surface area contributed by atoms with Crippen LogP contribution in [0.15, 0.2) is 24.3 Å². The molecule has 0 fully saturated rings. The van der Waals surface area contributed by atoms with Gasteiger partial charge in [0.2, 0.25) is 0 Å². The number of nitrogens with one attached hydrogen (secondary N) is 1. The second kappa shape index (κ2) is 6.98. The summed E-state index contributed by atoms with van der Waals surface area (Å²) in [6.07, 6.45) is 0. The van der Waals surface area contributed by atoms with Gasteiger partial charge in [0, 0.05) is 18.2 Å². The molecule has 1 rings (SSSR count). The van der Waals surface area contributed by atoms with Crippen molar-refractivity contribution in [3.63, 3.8) is 0 Å². The standard InChI is InChI=1S/C17H29NO2/c1-16(2,3)13-20-15-9-7-8-14(12-15)19-11-10-18-17(4,5)6/h7-9,12,18H,10-11,13H2,1-6H3. The molecule has 0 heterocycles. The minimum absolute atomic E-state index is 0.126. The van der Waals surface area contributed by atoms with Crippen LogP contribution in [-0.4, -0.2) is 25.3 Å². The zero-order valence-electron chi connectivity index (χ0n) is 13.7. The van der Waals surface area contributed by atoms with E-state index in [1.54, 1.807) is 0 Å². The number of hydrogen-bond donors (Lipinski definition) is 1. The van der Waals surface area contributed by atoms with Gasteiger partial charge in [-0.05, 0) is 38.3 Å². The molecule has 1 N–H and O–H groups in total. The van der Waals surface area contributed by atoms with E-state index in [9.17, 15) is 0 Å². The van der Waals surface area contributed by atoms with E-state index in [0.29, 0.717) is 13.2 Å². The van der Waals surface area contributed by atoms with E-state index in [0.717, 1.165) is 18.0 Å². The van der Waals surface area contributed by atoms with Crippen molar-refractivity contribution in [3.8, 4) is 11.5 Å². The zero-order chi connectivity index (χ0) is 15.2. The molecule has 0 spiro atoms. The van der Waals surface area contributed by atoms with Crippen molar-refractivity contribution in [3.05, 3.63) is 24.3 Å². The lowest BCUT2D eigenvalue weighted by molar-refractivity contribution is 0.197. The van der Waals surface area contributed by atoms with E-state index >= 15 is 0 Å². The summed E-state index contributed by atoms with van der Waals surface area (Å²) in [5.74, 6) is 1.72. The predicted molar refractivity (Wildman–Crippen MR) is 84.6 cm³/mol. The highest BCUT2D eigenvalue weighted by atomic mass is 16.5. The van der Waals surface area contributed by atoms with Gasteiger partial charge in [0.1, 0.15) is 18.1 Å². The number of hydrogen-bond acceptors (Lipinski definition) is 3. The van der Waals surface area contributed by atoms with Gasteiger partial charge in [-0.1, -0.05) is 26.8 Å². The lowest BCUT2D eigenvalue weighted by Crippen LogP contribution is -2.38. The highest BCUT2D eigenvalue weighted by molar-refractivity contribution is 5.32. The summed E-state index contributed by atoms with van der Waals surface area (Å²) >= 11 is 0. The van der Waals surface area contributed by atoms with Crippen LogP contribution in [0.3, 0.4) is 0 Å². The Bertz CT molecular complexity index is 402. The van der Waals surface area contributed by atoms with Crippen molar-refractivity contribution in [1.82, 2.24) is 5.32 Å². The molecular formula is C17H29NO2. The fourth-order valence-corrected chi connectivity index (χ4v) is 1.55. The van der Waals surface area contributed by atoms with Crippen LogP contribution in [0.2, 0.25) is 0 Å². The number of ether oxygens (including phenoxy) is 2. The minimum atomic E-state index is 0.126. The topological polar surface area (TPSA) is 30.5 Å². The SMILES string of the molecule is CC(C)(C)COc1cccc(OCCNC(C)(C)C)c1. The fourth-order valence-electron chi connectivity index (χ4n) is 1.55. The molecule has 0 amide bonds. The van der Waals surface area contributed by atoms with Crippen LogP contribution in [0.25, 0.3) is 0 Å². The van der Waals surface area contributed by atoms with Crippen LogP contribution >= 0.6 is 0 Å². The largest absolute Gasteiger partial charge is 0.493 e. The molecule has 0 unspecified atom stereocenters. The molecular weight excluding hydrogens is 250 g/mol. The molecule has 0 aromatic heterocycles. The molecule has 0 aliphatic rings. The maximum absolute atomic E-state index is 5.78. The monoisotopic (exact) mass is 279 g/mol. The Morgan fingerprint density at radius 2 is 1.55 bits per heavy atom. The van der Waals surface area contributed by atoms with Gasteiger partial charge in [0.05, 0.1) is 6.61 Å². The summed E-state index contributed by atoms with van der Waals surface area (Å²) < 4.78 is 11.5. The van der Waals surface area contributed by atoms with Crippen molar-refractivity contribution in [2.45, 2.75) is 47.1 Å². The Kier molecular flexibility index (Phi) is 5.88. The molecule has 0 aliphatic carbocycles. The highest BCUT2D eigenvalue weighted by Crippen LogP contribution is 2.22. The van der Waals surface area contributed by atoms with Gasteiger partial charge < -0.3 is 14.8 Å². The molecule has 1 aromatic rings. The van der Waals surface area contributed by atoms with Crippen molar-refractivity contribution in [2.75, 3.05) is 19.8 Å². The Morgan fingerprint density at radius 3 is 2.10 bits per heavy atom. The normalized spacial score (nSPS) is 12.3. The third-order valence-corrected chi connectivity index (χ3v) is 2.50. The maximum Gasteiger partial charge on any atom is 0.123 e. The summed E-state index contributed by atoms with van der Waals surface area (Å²) in [4.78, 5) is 0. The summed E-state index contributed by atoms with van der Waals surface area (Å²) in [6.45, 7) is 15.1. The van der Waals surface area contributed by atoms with Crippen LogP contribution in [0, 0.1) is 5.41 Å². The van der Waals surface area contributed by atoms with E-state index in [4.69, 9.17) is 9.47 Å². The van der Waals surface area contributed by atoms with Crippen LogP contribution in [0.1, 0.15) is 41.5 Å². The van der Waals surface area contributed by atoms with Gasteiger partial charge in [0.15, 0.2) is 0 Å². The summed E-state index contributed by atoms with van der Waals surface area (Å²) in [5, 5.41) is 3.40. The molecule has 0 saturated heterocycles. The fraction of sp³-hybridized carbons (Fsp3) is 0.647. The van der Waals surface area contributed by atoms with Crippen molar-refractivity contribution >= 4 is 0 Å². The van der Waals surface area contributed by atoms with E-state index in [-0.39, 0.29) is 11.0 Å². The summed E-state index contributed by atoms with van der Waals surface area (Å²) in [5.41, 5.74) is 0.286. The predicted octanol–water partition coefficient (Wildman–Crippen LogP) is 3.88. The Labute approximate surface area is 123 Å². The quantitative estimate of drug-likeness (QED) is 0.802. The Hall–Kier alpha value is -1.22. The van der Waals surface area contributed by atoms with E-state index in [2.05, 4.69) is 46.9 Å². The van der Waals surface area contributed by atoms with Gasteiger partial charge in [-0.25, -0.2) is 0 Å². The molecule has 0 radical (unpaired) electrons. The Morgan fingerprint density at radius 1 is 0.950 bits per heavy atom. The molecule has 0 bridgehead atoms. The first-order valence-electron chi connectivity index (χ1n) is 7.26. The smallest absolute Gasteiger partial charge is 0.123 e. The van der Waals surface area contributed by atoms with Crippen molar-refractivity contribution in [1.29, 1.82) is 0 Å². The second-order valence-corrected chi connectivity index (χ2v) is 7.35. The molecule has 114 valence electrons. The molecule has 0 aliphatic heterocycles. The van der Waals surface area contributed by atoms with Gasteiger partial charge in [0.25, 0.3) is 0 Å². The van der Waals surface area contributed by atoms with E-state index in [1.165, 1.54) is 0 Å². The van der Waals surface area contributed by atoms with Crippen LogP contribution in [0.4, 0.5) is 0 Å². The first-order valence-corrected chi connectivity index (χ1v) is 7.26. The minimum Gasteiger partial charge on any atom is -0.493 e. The third kappa shape index (κ3) is 8.05. The van der Waals surface area contributed by atoms with E-state index < -0.39 is 0 Å². The molecule has 1 aromatic carbocycles. The van der Waals surface area contributed by atoms with Gasteiger partial charge in [-0.2, -0.15) is 0 Å². The van der Waals surface area contributed by atoms with Crippen LogP contribution < -0.4 is 14.8 Å². The average molecular weight is 279 g/mol. The third-order valence-electron chi connectivity index (χ3n) is 2.50. The van der Waals surface area contributed by atoms with Gasteiger partial charge in [-0.3, -0.25) is 0 Å². The maximum atomic E-state index is 5.78. The summed E-state index contributed by atoms with van der Waals surface area (Å²) in [6, 6.07) is 7.83. The Balaban J connectivity index is 2.40. The lowest BCUT2D eigenvalue weighted by Gasteiger charge is -2.21. The molecule has 0 saturated carbocycles. The van der Waals surface area contributed by atoms with Crippen LogP contribution in [0.5, 0.6) is 11.5 Å². The van der Waals surface area contributed by atoms with Gasteiger partial charge in [-0.15, -0.1) is 0 Å². The lowest BCUT2D eigenvalue weighted by atomic mass is 9.99. The molecule has 20 heavy (non-hydrogen) atoms. The highest BCUT2D eigenvalue weighted by Gasteiger charge is 2.11. The first kappa shape index (κ1) is 16.8. The average Bonchev–Trinajstić information content (AvgIpc) is 2.31. The zero-order valence-corrected chi connectivity index (χ0v) is 13.7. The number of rotatable bonds is 6. The van der Waals surface area contributed by atoms with Crippen LogP contribution in [-0.2, 0) is 0 Å². The molecule has 3 nitrogen and oxygen atoms in total. The summed E-state index contributed by atoms with van der Waals surface area (Å²) in [7, 11) is 0.